The van der Waals surface area contributed by atoms with Gasteiger partial charge >= 0.3 is 0 Å². The largest absolute Gasteiger partial charge is 0.338 e. The summed E-state index contributed by atoms with van der Waals surface area (Å²) in [5, 5.41) is 4.44. The minimum absolute atomic E-state index is 0.220. The molecule has 146 valence electrons. The van der Waals surface area contributed by atoms with Gasteiger partial charge in [-0.15, -0.1) is 0 Å². The third-order valence-corrected chi connectivity index (χ3v) is 5.84. The van der Waals surface area contributed by atoms with Crippen LogP contribution in [0.2, 0.25) is 0 Å². The highest BCUT2D eigenvalue weighted by atomic mass is 16.2. The van der Waals surface area contributed by atoms with Crippen LogP contribution < -0.4 is 0 Å². The standard InChI is InChI=1S/C22H27N5O/c1-15-12-23-22(18-8-6-5-7-9-18)27(15)19-13-26(14-19)21(28)11-10-20-16(2)24-25(4)17(20)3/h5-9,12,19H,10-11,13-14H2,1-4H3. The second-order valence-corrected chi connectivity index (χ2v) is 7.68. The predicted molar refractivity (Wildman–Crippen MR) is 109 cm³/mol. The Morgan fingerprint density at radius 2 is 1.86 bits per heavy atom. The number of nitrogens with zero attached hydrogens (tertiary/aromatic N) is 5. The quantitative estimate of drug-likeness (QED) is 0.686. The van der Waals surface area contributed by atoms with Gasteiger partial charge in [0, 0.05) is 49.7 Å². The van der Waals surface area contributed by atoms with Crippen LogP contribution in [-0.4, -0.2) is 43.2 Å². The number of aryl methyl sites for hydroxylation is 3. The normalized spacial score (nSPS) is 14.4. The molecule has 1 aromatic carbocycles. The van der Waals surface area contributed by atoms with Crippen molar-refractivity contribution in [3.05, 3.63) is 59.2 Å². The van der Waals surface area contributed by atoms with Crippen LogP contribution in [0.25, 0.3) is 11.4 Å². The monoisotopic (exact) mass is 377 g/mol. The van der Waals surface area contributed by atoms with E-state index in [1.807, 2.05) is 47.9 Å². The molecule has 1 aliphatic heterocycles. The Morgan fingerprint density at radius 1 is 1.14 bits per heavy atom. The number of hydrogen-bond acceptors (Lipinski definition) is 3. The van der Waals surface area contributed by atoms with Gasteiger partial charge in [0.05, 0.1) is 11.7 Å². The second kappa shape index (κ2) is 7.26. The van der Waals surface area contributed by atoms with Crippen LogP contribution in [0.5, 0.6) is 0 Å². The van der Waals surface area contributed by atoms with Crippen molar-refractivity contribution < 1.29 is 4.79 Å². The maximum Gasteiger partial charge on any atom is 0.223 e. The number of amides is 1. The summed E-state index contributed by atoms with van der Waals surface area (Å²) >= 11 is 0. The minimum Gasteiger partial charge on any atom is -0.338 e. The summed E-state index contributed by atoms with van der Waals surface area (Å²) in [4.78, 5) is 19.2. The van der Waals surface area contributed by atoms with Gasteiger partial charge in [0.2, 0.25) is 5.91 Å². The molecule has 1 amide bonds. The number of rotatable bonds is 5. The van der Waals surface area contributed by atoms with E-state index < -0.39 is 0 Å². The number of imidazole rings is 1. The molecule has 3 aromatic rings. The van der Waals surface area contributed by atoms with Crippen molar-refractivity contribution in [1.29, 1.82) is 0 Å². The van der Waals surface area contributed by atoms with Gasteiger partial charge in [-0.1, -0.05) is 30.3 Å². The molecular formula is C22H27N5O. The van der Waals surface area contributed by atoms with Crippen LogP contribution in [0.4, 0.5) is 0 Å². The van der Waals surface area contributed by atoms with E-state index in [9.17, 15) is 4.79 Å². The average Bonchev–Trinajstić information content (AvgIpc) is 3.13. The molecule has 3 heterocycles. The summed E-state index contributed by atoms with van der Waals surface area (Å²) in [6.07, 6.45) is 3.21. The maximum atomic E-state index is 12.7. The second-order valence-electron chi connectivity index (χ2n) is 7.68. The predicted octanol–water partition coefficient (Wildman–Crippen LogP) is 3.22. The van der Waals surface area contributed by atoms with E-state index in [2.05, 4.69) is 40.6 Å². The Bertz CT molecular complexity index is 996. The Morgan fingerprint density at radius 3 is 2.50 bits per heavy atom. The molecule has 1 fully saturated rings. The first-order valence-electron chi connectivity index (χ1n) is 9.81. The highest BCUT2D eigenvalue weighted by Crippen LogP contribution is 2.30. The van der Waals surface area contributed by atoms with Gasteiger partial charge in [-0.2, -0.15) is 5.10 Å². The Labute approximate surface area is 165 Å². The minimum atomic E-state index is 0.220. The lowest BCUT2D eigenvalue weighted by Crippen LogP contribution is -2.51. The van der Waals surface area contributed by atoms with Gasteiger partial charge in [-0.05, 0) is 32.8 Å². The zero-order valence-electron chi connectivity index (χ0n) is 17.0. The Balaban J connectivity index is 1.40. The molecule has 0 spiro atoms. The van der Waals surface area contributed by atoms with Crippen LogP contribution in [0.1, 0.15) is 35.1 Å². The molecule has 1 aliphatic rings. The third-order valence-electron chi connectivity index (χ3n) is 5.84. The summed E-state index contributed by atoms with van der Waals surface area (Å²) in [6, 6.07) is 10.5. The van der Waals surface area contributed by atoms with Gasteiger partial charge in [-0.25, -0.2) is 4.98 Å². The van der Waals surface area contributed by atoms with E-state index in [-0.39, 0.29) is 5.91 Å². The van der Waals surface area contributed by atoms with Gasteiger partial charge in [0.1, 0.15) is 5.82 Å². The molecule has 28 heavy (non-hydrogen) atoms. The number of likely N-dealkylation sites (tertiary alicyclic amines) is 1. The summed E-state index contributed by atoms with van der Waals surface area (Å²) in [5.74, 6) is 1.20. The van der Waals surface area contributed by atoms with Gasteiger partial charge in [-0.3, -0.25) is 9.48 Å². The molecule has 0 bridgehead atoms. The summed E-state index contributed by atoms with van der Waals surface area (Å²) < 4.78 is 4.16. The third kappa shape index (κ3) is 3.23. The first-order valence-corrected chi connectivity index (χ1v) is 9.81. The van der Waals surface area contributed by atoms with Crippen LogP contribution in [0.3, 0.4) is 0 Å². The van der Waals surface area contributed by atoms with Gasteiger partial charge in [0.15, 0.2) is 0 Å². The zero-order chi connectivity index (χ0) is 19.8. The van der Waals surface area contributed by atoms with Crippen molar-refractivity contribution in [2.75, 3.05) is 13.1 Å². The lowest BCUT2D eigenvalue weighted by atomic mass is 10.0. The SMILES string of the molecule is Cc1nn(C)c(C)c1CCC(=O)N1CC(n2c(C)cnc2-c2ccccc2)C1. The van der Waals surface area contributed by atoms with E-state index in [1.54, 1.807) is 0 Å². The number of carbonyl (C=O) groups excluding carboxylic acids is 1. The molecule has 0 unspecified atom stereocenters. The molecule has 6 nitrogen and oxygen atoms in total. The molecule has 0 radical (unpaired) electrons. The van der Waals surface area contributed by atoms with E-state index in [1.165, 1.54) is 5.56 Å². The zero-order valence-corrected chi connectivity index (χ0v) is 17.0. The van der Waals surface area contributed by atoms with Crippen LogP contribution in [0, 0.1) is 20.8 Å². The lowest BCUT2D eigenvalue weighted by molar-refractivity contribution is -0.136. The first-order chi connectivity index (χ1) is 13.5. The maximum absolute atomic E-state index is 12.7. The highest BCUT2D eigenvalue weighted by molar-refractivity contribution is 5.77. The van der Waals surface area contributed by atoms with E-state index >= 15 is 0 Å². The van der Waals surface area contributed by atoms with Crippen molar-refractivity contribution in [1.82, 2.24) is 24.2 Å². The fraction of sp³-hybridized carbons (Fsp3) is 0.409. The molecule has 4 rings (SSSR count). The topological polar surface area (TPSA) is 56.0 Å². The number of benzene rings is 1. The van der Waals surface area contributed by atoms with Crippen molar-refractivity contribution in [2.24, 2.45) is 7.05 Å². The first kappa shape index (κ1) is 18.5. The Kier molecular flexibility index (Phi) is 4.79. The Hall–Kier alpha value is -2.89. The molecule has 0 N–H and O–H groups in total. The molecular weight excluding hydrogens is 350 g/mol. The lowest BCUT2D eigenvalue weighted by Gasteiger charge is -2.41. The highest BCUT2D eigenvalue weighted by Gasteiger charge is 2.33. The van der Waals surface area contributed by atoms with Crippen LogP contribution in [-0.2, 0) is 18.3 Å². The van der Waals surface area contributed by atoms with Crippen molar-refractivity contribution >= 4 is 5.91 Å². The van der Waals surface area contributed by atoms with E-state index in [4.69, 9.17) is 0 Å². The van der Waals surface area contributed by atoms with Crippen molar-refractivity contribution in [2.45, 2.75) is 39.7 Å². The van der Waals surface area contributed by atoms with Crippen molar-refractivity contribution in [3.63, 3.8) is 0 Å². The number of aromatic nitrogens is 4. The summed E-state index contributed by atoms with van der Waals surface area (Å²) in [6.45, 7) is 7.66. The van der Waals surface area contributed by atoms with Crippen LogP contribution >= 0.6 is 0 Å². The summed E-state index contributed by atoms with van der Waals surface area (Å²) in [5.41, 5.74) is 5.62. The van der Waals surface area contributed by atoms with Crippen molar-refractivity contribution in [3.8, 4) is 11.4 Å². The van der Waals surface area contributed by atoms with E-state index in [0.717, 1.165) is 48.0 Å². The smallest absolute Gasteiger partial charge is 0.223 e. The van der Waals surface area contributed by atoms with Gasteiger partial charge < -0.3 is 9.47 Å². The summed E-state index contributed by atoms with van der Waals surface area (Å²) in [7, 11) is 1.95. The molecule has 0 aliphatic carbocycles. The number of hydrogen-bond donors (Lipinski definition) is 0. The fourth-order valence-corrected chi connectivity index (χ4v) is 4.10. The molecule has 0 saturated carbocycles. The van der Waals surface area contributed by atoms with E-state index in [0.29, 0.717) is 12.5 Å². The van der Waals surface area contributed by atoms with Crippen LogP contribution in [0.15, 0.2) is 36.5 Å². The molecule has 0 atom stereocenters. The molecule has 1 saturated heterocycles. The molecule has 6 heteroatoms. The van der Waals surface area contributed by atoms with Gasteiger partial charge in [0.25, 0.3) is 0 Å². The fourth-order valence-electron chi connectivity index (χ4n) is 4.10. The molecule has 2 aromatic heterocycles. The number of carbonyl (C=O) groups is 1. The average molecular weight is 377 g/mol.